The van der Waals surface area contributed by atoms with E-state index in [0.717, 1.165) is 19.8 Å². The maximum absolute atomic E-state index is 5.35. The van der Waals surface area contributed by atoms with Crippen LogP contribution in [0.15, 0.2) is 0 Å². The predicted molar refractivity (Wildman–Crippen MR) is 46.7 cm³/mol. The van der Waals surface area contributed by atoms with Crippen LogP contribution in [0.2, 0.25) is 0 Å². The van der Waals surface area contributed by atoms with E-state index in [1.807, 2.05) is 7.05 Å². The average molecular weight is 157 g/mol. The van der Waals surface area contributed by atoms with Crippen LogP contribution in [0.25, 0.3) is 0 Å². The standard InChI is InChI=1S/C9H19NO/c1-3-9(8-10-2)4-6-11-7-5-9/h10H,3-8H2,1-2H3. The Kier molecular flexibility index (Phi) is 3.34. The molecule has 0 amide bonds. The van der Waals surface area contributed by atoms with Crippen molar-refractivity contribution < 1.29 is 4.74 Å². The van der Waals surface area contributed by atoms with Crippen LogP contribution < -0.4 is 5.32 Å². The summed E-state index contributed by atoms with van der Waals surface area (Å²) >= 11 is 0. The summed E-state index contributed by atoms with van der Waals surface area (Å²) in [5.41, 5.74) is 0.535. The summed E-state index contributed by atoms with van der Waals surface area (Å²) in [6.07, 6.45) is 3.73. The number of nitrogens with one attached hydrogen (secondary N) is 1. The van der Waals surface area contributed by atoms with Crippen LogP contribution in [0.1, 0.15) is 26.2 Å². The number of rotatable bonds is 3. The second-order valence-corrected chi connectivity index (χ2v) is 3.50. The highest BCUT2D eigenvalue weighted by molar-refractivity contribution is 4.81. The molecule has 0 atom stereocenters. The summed E-state index contributed by atoms with van der Waals surface area (Å²) in [6.45, 7) is 5.33. The molecule has 11 heavy (non-hydrogen) atoms. The monoisotopic (exact) mass is 157 g/mol. The Morgan fingerprint density at radius 1 is 1.36 bits per heavy atom. The molecule has 66 valence electrons. The molecule has 0 aromatic rings. The Morgan fingerprint density at radius 2 is 2.00 bits per heavy atom. The maximum atomic E-state index is 5.35. The highest BCUT2D eigenvalue weighted by Crippen LogP contribution is 2.32. The van der Waals surface area contributed by atoms with Crippen LogP contribution in [0, 0.1) is 5.41 Å². The van der Waals surface area contributed by atoms with Gasteiger partial charge in [0.05, 0.1) is 0 Å². The van der Waals surface area contributed by atoms with Crippen LogP contribution in [0.4, 0.5) is 0 Å². The summed E-state index contributed by atoms with van der Waals surface area (Å²) in [6, 6.07) is 0. The van der Waals surface area contributed by atoms with Gasteiger partial charge in [0.2, 0.25) is 0 Å². The van der Waals surface area contributed by atoms with E-state index in [1.54, 1.807) is 0 Å². The zero-order chi connectivity index (χ0) is 8.16. The van der Waals surface area contributed by atoms with E-state index in [2.05, 4.69) is 12.2 Å². The molecular formula is C9H19NO. The van der Waals surface area contributed by atoms with E-state index in [1.165, 1.54) is 19.3 Å². The lowest BCUT2D eigenvalue weighted by atomic mass is 9.78. The summed E-state index contributed by atoms with van der Waals surface area (Å²) in [7, 11) is 2.03. The van der Waals surface area contributed by atoms with Gasteiger partial charge in [0.1, 0.15) is 0 Å². The van der Waals surface area contributed by atoms with E-state index < -0.39 is 0 Å². The smallest absolute Gasteiger partial charge is 0.0471 e. The van der Waals surface area contributed by atoms with Crippen molar-refractivity contribution >= 4 is 0 Å². The normalized spacial score (nSPS) is 23.5. The van der Waals surface area contributed by atoms with Gasteiger partial charge in [0.15, 0.2) is 0 Å². The zero-order valence-corrected chi connectivity index (χ0v) is 7.65. The van der Waals surface area contributed by atoms with E-state index in [9.17, 15) is 0 Å². The van der Waals surface area contributed by atoms with Gasteiger partial charge in [0.25, 0.3) is 0 Å². The topological polar surface area (TPSA) is 21.3 Å². The highest BCUT2D eigenvalue weighted by Gasteiger charge is 2.29. The molecular weight excluding hydrogens is 138 g/mol. The van der Waals surface area contributed by atoms with Gasteiger partial charge in [-0.15, -0.1) is 0 Å². The summed E-state index contributed by atoms with van der Waals surface area (Å²) < 4.78 is 5.35. The van der Waals surface area contributed by atoms with Crippen molar-refractivity contribution in [2.75, 3.05) is 26.8 Å². The van der Waals surface area contributed by atoms with Gasteiger partial charge in [0, 0.05) is 19.8 Å². The zero-order valence-electron chi connectivity index (χ0n) is 7.65. The molecule has 1 heterocycles. The Hall–Kier alpha value is -0.0800. The first-order chi connectivity index (χ1) is 5.33. The van der Waals surface area contributed by atoms with Crippen molar-refractivity contribution in [3.8, 4) is 0 Å². The van der Waals surface area contributed by atoms with Crippen molar-refractivity contribution in [2.45, 2.75) is 26.2 Å². The maximum Gasteiger partial charge on any atom is 0.0471 e. The minimum atomic E-state index is 0.535. The molecule has 0 aromatic heterocycles. The summed E-state index contributed by atoms with van der Waals surface area (Å²) in [4.78, 5) is 0. The third-order valence-corrected chi connectivity index (χ3v) is 2.86. The molecule has 1 fully saturated rings. The Bertz CT molecular complexity index is 103. The number of hydrogen-bond donors (Lipinski definition) is 1. The summed E-state index contributed by atoms with van der Waals surface area (Å²) in [5.74, 6) is 0. The molecule has 1 aliphatic rings. The lowest BCUT2D eigenvalue weighted by Gasteiger charge is -2.36. The van der Waals surface area contributed by atoms with Crippen LogP contribution in [0.5, 0.6) is 0 Å². The van der Waals surface area contributed by atoms with Crippen molar-refractivity contribution in [2.24, 2.45) is 5.41 Å². The minimum Gasteiger partial charge on any atom is -0.381 e. The second kappa shape index (κ2) is 4.07. The Labute approximate surface area is 69.3 Å². The lowest BCUT2D eigenvalue weighted by molar-refractivity contribution is 0.0138. The van der Waals surface area contributed by atoms with Gasteiger partial charge in [-0.1, -0.05) is 6.92 Å². The SMILES string of the molecule is CCC1(CNC)CCOCC1. The fourth-order valence-electron chi connectivity index (χ4n) is 1.83. The van der Waals surface area contributed by atoms with Gasteiger partial charge in [-0.3, -0.25) is 0 Å². The Morgan fingerprint density at radius 3 is 2.45 bits per heavy atom. The molecule has 0 saturated carbocycles. The van der Waals surface area contributed by atoms with Crippen LogP contribution in [0.3, 0.4) is 0 Å². The molecule has 1 saturated heterocycles. The van der Waals surface area contributed by atoms with Gasteiger partial charge in [-0.2, -0.15) is 0 Å². The van der Waals surface area contributed by atoms with Crippen LogP contribution in [-0.2, 0) is 4.74 Å². The molecule has 0 aromatic carbocycles. The molecule has 1 aliphatic heterocycles. The quantitative estimate of drug-likeness (QED) is 0.669. The van der Waals surface area contributed by atoms with Crippen molar-refractivity contribution in [3.63, 3.8) is 0 Å². The predicted octanol–water partition coefficient (Wildman–Crippen LogP) is 1.41. The first kappa shape index (κ1) is 9.01. The van der Waals surface area contributed by atoms with Crippen molar-refractivity contribution in [3.05, 3.63) is 0 Å². The van der Waals surface area contributed by atoms with E-state index in [-0.39, 0.29) is 0 Å². The van der Waals surface area contributed by atoms with E-state index in [0.29, 0.717) is 5.41 Å². The Balaban J connectivity index is 2.42. The van der Waals surface area contributed by atoms with Crippen LogP contribution in [-0.4, -0.2) is 26.8 Å². The average Bonchev–Trinajstić information content (AvgIpc) is 2.07. The van der Waals surface area contributed by atoms with Gasteiger partial charge in [-0.25, -0.2) is 0 Å². The first-order valence-electron chi connectivity index (χ1n) is 4.55. The minimum absolute atomic E-state index is 0.535. The first-order valence-corrected chi connectivity index (χ1v) is 4.55. The molecule has 2 nitrogen and oxygen atoms in total. The van der Waals surface area contributed by atoms with Gasteiger partial charge < -0.3 is 10.1 Å². The molecule has 2 heteroatoms. The van der Waals surface area contributed by atoms with E-state index >= 15 is 0 Å². The fraction of sp³-hybridized carbons (Fsp3) is 1.00. The third-order valence-electron chi connectivity index (χ3n) is 2.86. The summed E-state index contributed by atoms with van der Waals surface area (Å²) in [5, 5.41) is 3.27. The fourth-order valence-corrected chi connectivity index (χ4v) is 1.83. The number of ether oxygens (including phenoxy) is 1. The van der Waals surface area contributed by atoms with Gasteiger partial charge in [-0.05, 0) is 31.7 Å². The third kappa shape index (κ3) is 2.17. The van der Waals surface area contributed by atoms with Crippen LogP contribution >= 0.6 is 0 Å². The molecule has 0 bridgehead atoms. The van der Waals surface area contributed by atoms with E-state index in [4.69, 9.17) is 4.74 Å². The van der Waals surface area contributed by atoms with Crippen molar-refractivity contribution in [1.82, 2.24) is 5.32 Å². The molecule has 0 spiro atoms. The second-order valence-electron chi connectivity index (χ2n) is 3.50. The molecule has 1 N–H and O–H groups in total. The molecule has 0 aliphatic carbocycles. The molecule has 0 unspecified atom stereocenters. The van der Waals surface area contributed by atoms with Crippen molar-refractivity contribution in [1.29, 1.82) is 0 Å². The highest BCUT2D eigenvalue weighted by atomic mass is 16.5. The number of hydrogen-bond acceptors (Lipinski definition) is 2. The molecule has 1 rings (SSSR count). The van der Waals surface area contributed by atoms with Gasteiger partial charge >= 0.3 is 0 Å². The molecule has 0 radical (unpaired) electrons. The lowest BCUT2D eigenvalue weighted by Crippen LogP contribution is -2.37. The largest absolute Gasteiger partial charge is 0.381 e.